The van der Waals surface area contributed by atoms with Crippen molar-refractivity contribution in [2.75, 3.05) is 0 Å². The summed E-state index contributed by atoms with van der Waals surface area (Å²) in [5.41, 5.74) is 10.1. The summed E-state index contributed by atoms with van der Waals surface area (Å²) in [6, 6.07) is 10.8. The molecule has 0 saturated heterocycles. The van der Waals surface area contributed by atoms with Gasteiger partial charge in [0.2, 0.25) is 0 Å². The highest BCUT2D eigenvalue weighted by Crippen LogP contribution is 2.19. The number of para-hydroxylation sites is 1. The van der Waals surface area contributed by atoms with Gasteiger partial charge in [0.25, 0.3) is 0 Å². The standard InChI is InChI=1S/C18H18N2/c19-13-10-11-18-16(12-13)15-8-4-5-9-17(15)20(18)14-6-2-1-3-7-14/h1-4,6-8,11-13H,5,9-10,19H2. The molecule has 0 bridgehead atoms. The minimum atomic E-state index is 0.147. The molecule has 4 rings (SSSR count). The molecule has 0 saturated carbocycles. The molecular formula is C18H18N2. The summed E-state index contributed by atoms with van der Waals surface area (Å²) < 4.78 is 2.41. The maximum absolute atomic E-state index is 6.11. The van der Waals surface area contributed by atoms with Crippen molar-refractivity contribution in [3.05, 3.63) is 58.2 Å². The Kier molecular flexibility index (Phi) is 2.64. The van der Waals surface area contributed by atoms with E-state index in [9.17, 15) is 0 Å². The summed E-state index contributed by atoms with van der Waals surface area (Å²) in [6.07, 6.45) is 12.2. The van der Waals surface area contributed by atoms with E-state index in [0.717, 1.165) is 19.3 Å². The molecule has 0 radical (unpaired) electrons. The number of benzene rings is 1. The van der Waals surface area contributed by atoms with Gasteiger partial charge in [-0.25, -0.2) is 0 Å². The number of rotatable bonds is 1. The summed E-state index contributed by atoms with van der Waals surface area (Å²) in [6.45, 7) is 0. The maximum atomic E-state index is 6.11. The van der Waals surface area contributed by atoms with Crippen LogP contribution in [0.5, 0.6) is 0 Å². The second-order valence-electron chi connectivity index (χ2n) is 5.54. The van der Waals surface area contributed by atoms with E-state index in [1.54, 1.807) is 0 Å². The number of aromatic nitrogens is 1. The second-order valence-corrected chi connectivity index (χ2v) is 5.54. The molecule has 2 aliphatic rings. The van der Waals surface area contributed by atoms with Crippen LogP contribution in [-0.2, 0) is 6.42 Å². The van der Waals surface area contributed by atoms with Crippen LogP contribution in [0.15, 0.2) is 36.4 Å². The fraction of sp³-hybridized carbons (Fsp3) is 0.222. The van der Waals surface area contributed by atoms with Crippen molar-refractivity contribution in [2.45, 2.75) is 25.3 Å². The quantitative estimate of drug-likeness (QED) is 0.833. The average molecular weight is 262 g/mol. The van der Waals surface area contributed by atoms with Crippen molar-refractivity contribution >= 4 is 18.2 Å². The predicted molar refractivity (Wildman–Crippen MR) is 83.9 cm³/mol. The van der Waals surface area contributed by atoms with Gasteiger partial charge in [0.15, 0.2) is 0 Å². The third-order valence-corrected chi connectivity index (χ3v) is 4.20. The highest BCUT2D eigenvalue weighted by molar-refractivity contribution is 5.62. The van der Waals surface area contributed by atoms with Gasteiger partial charge < -0.3 is 10.3 Å². The van der Waals surface area contributed by atoms with Gasteiger partial charge in [-0.2, -0.15) is 0 Å². The summed E-state index contributed by atoms with van der Waals surface area (Å²) in [5, 5.41) is 2.63. The second kappa shape index (κ2) is 4.50. The Labute approximate surface area is 118 Å². The fourth-order valence-electron chi connectivity index (χ4n) is 3.31. The number of hydrogen-bond acceptors (Lipinski definition) is 1. The van der Waals surface area contributed by atoms with Gasteiger partial charge in [0.05, 0.1) is 0 Å². The number of nitrogens with two attached hydrogens (primary N) is 1. The van der Waals surface area contributed by atoms with Crippen molar-refractivity contribution in [1.29, 1.82) is 0 Å². The molecule has 1 aromatic carbocycles. The fourth-order valence-corrected chi connectivity index (χ4v) is 3.31. The summed E-state index contributed by atoms with van der Waals surface area (Å²) >= 11 is 0. The summed E-state index contributed by atoms with van der Waals surface area (Å²) in [7, 11) is 0. The molecule has 0 aliphatic heterocycles. The molecule has 1 heterocycles. The lowest BCUT2D eigenvalue weighted by atomic mass is 10.0. The molecule has 2 heteroatoms. The Morgan fingerprint density at radius 3 is 2.85 bits per heavy atom. The monoisotopic (exact) mass is 262 g/mol. The van der Waals surface area contributed by atoms with Crippen LogP contribution < -0.4 is 16.3 Å². The Hall–Kier alpha value is -2.06. The number of fused-ring (bicyclic) bond motifs is 3. The molecule has 2 aromatic rings. The first-order chi connectivity index (χ1) is 9.84. The SMILES string of the molecule is NC1C=c2c3c(n(-c4ccccc4)c2=CC1)CCC=C3. The highest BCUT2D eigenvalue weighted by atomic mass is 15.0. The minimum absolute atomic E-state index is 0.147. The van der Waals surface area contributed by atoms with Crippen LogP contribution in [0, 0.1) is 0 Å². The number of allylic oxidation sites excluding steroid dienone is 1. The van der Waals surface area contributed by atoms with Gasteiger partial charge >= 0.3 is 0 Å². The minimum Gasteiger partial charge on any atom is -0.324 e. The molecule has 1 aromatic heterocycles. The van der Waals surface area contributed by atoms with Crippen molar-refractivity contribution in [2.24, 2.45) is 5.73 Å². The first kappa shape index (κ1) is 11.7. The van der Waals surface area contributed by atoms with Gasteiger partial charge in [0.1, 0.15) is 0 Å². The van der Waals surface area contributed by atoms with E-state index < -0.39 is 0 Å². The Morgan fingerprint density at radius 1 is 1.15 bits per heavy atom. The number of nitrogens with zero attached hydrogens (tertiary/aromatic N) is 1. The van der Waals surface area contributed by atoms with Gasteiger partial charge in [-0.1, -0.05) is 42.5 Å². The van der Waals surface area contributed by atoms with Gasteiger partial charge in [-0.15, -0.1) is 0 Å². The van der Waals surface area contributed by atoms with Crippen molar-refractivity contribution in [3.8, 4) is 5.69 Å². The molecule has 0 amide bonds. The normalized spacial score (nSPS) is 19.8. The van der Waals surface area contributed by atoms with E-state index >= 15 is 0 Å². The molecule has 1 unspecified atom stereocenters. The zero-order chi connectivity index (χ0) is 13.5. The lowest BCUT2D eigenvalue weighted by Gasteiger charge is -2.13. The van der Waals surface area contributed by atoms with Crippen molar-refractivity contribution in [1.82, 2.24) is 4.57 Å². The first-order valence-electron chi connectivity index (χ1n) is 7.28. The van der Waals surface area contributed by atoms with Crippen LogP contribution in [0.25, 0.3) is 23.9 Å². The molecule has 100 valence electrons. The van der Waals surface area contributed by atoms with E-state index in [4.69, 9.17) is 5.73 Å². The van der Waals surface area contributed by atoms with Crippen LogP contribution in [0.2, 0.25) is 0 Å². The maximum Gasteiger partial charge on any atom is 0.0495 e. The lowest BCUT2D eigenvalue weighted by Crippen LogP contribution is -2.36. The van der Waals surface area contributed by atoms with E-state index in [2.05, 4.69) is 59.2 Å². The lowest BCUT2D eigenvalue weighted by molar-refractivity contribution is 0.844. The van der Waals surface area contributed by atoms with Crippen LogP contribution in [0.4, 0.5) is 0 Å². The Bertz CT molecular complexity index is 794. The summed E-state index contributed by atoms with van der Waals surface area (Å²) in [4.78, 5) is 0. The molecule has 2 aliphatic carbocycles. The van der Waals surface area contributed by atoms with E-state index in [1.807, 2.05) is 0 Å². The van der Waals surface area contributed by atoms with Gasteiger partial charge in [-0.05, 0) is 31.4 Å². The summed E-state index contributed by atoms with van der Waals surface area (Å²) in [5.74, 6) is 0. The largest absolute Gasteiger partial charge is 0.324 e. The molecule has 1 atom stereocenters. The number of hydrogen-bond donors (Lipinski definition) is 1. The zero-order valence-corrected chi connectivity index (χ0v) is 11.4. The zero-order valence-electron chi connectivity index (χ0n) is 11.4. The van der Waals surface area contributed by atoms with Gasteiger partial charge in [-0.3, -0.25) is 0 Å². The van der Waals surface area contributed by atoms with Crippen LogP contribution in [-0.4, -0.2) is 10.6 Å². The van der Waals surface area contributed by atoms with E-state index in [-0.39, 0.29) is 6.04 Å². The molecular weight excluding hydrogens is 244 g/mol. The third kappa shape index (κ3) is 1.69. The molecule has 2 nitrogen and oxygen atoms in total. The van der Waals surface area contributed by atoms with Crippen LogP contribution in [0.1, 0.15) is 24.1 Å². The Balaban J connectivity index is 2.11. The highest BCUT2D eigenvalue weighted by Gasteiger charge is 2.18. The van der Waals surface area contributed by atoms with E-state index in [0.29, 0.717) is 0 Å². The third-order valence-electron chi connectivity index (χ3n) is 4.20. The predicted octanol–water partition coefficient (Wildman–Crippen LogP) is 1.73. The van der Waals surface area contributed by atoms with Gasteiger partial charge in [0, 0.05) is 33.6 Å². The molecule has 0 fully saturated rings. The molecule has 2 N–H and O–H groups in total. The molecule has 20 heavy (non-hydrogen) atoms. The first-order valence-corrected chi connectivity index (χ1v) is 7.28. The topological polar surface area (TPSA) is 30.9 Å². The molecule has 0 spiro atoms. The van der Waals surface area contributed by atoms with Crippen molar-refractivity contribution < 1.29 is 0 Å². The smallest absolute Gasteiger partial charge is 0.0495 e. The Morgan fingerprint density at radius 2 is 2.00 bits per heavy atom. The van der Waals surface area contributed by atoms with E-state index in [1.165, 1.54) is 27.5 Å². The van der Waals surface area contributed by atoms with Crippen molar-refractivity contribution in [3.63, 3.8) is 0 Å². The van der Waals surface area contributed by atoms with Crippen LogP contribution >= 0.6 is 0 Å². The van der Waals surface area contributed by atoms with Crippen LogP contribution in [0.3, 0.4) is 0 Å². The average Bonchev–Trinajstić information content (AvgIpc) is 2.82.